The second-order valence-electron chi connectivity index (χ2n) is 2.53. The Hall–Kier alpha value is -0.185. The Bertz CT molecular complexity index is 229. The van der Waals surface area contributed by atoms with E-state index in [0.717, 1.165) is 0 Å². The summed E-state index contributed by atoms with van der Waals surface area (Å²) in [6.07, 6.45) is 0. The minimum Gasteiger partial charge on any atom is -0.394 e. The minimum atomic E-state index is -4.36. The van der Waals surface area contributed by atoms with Gasteiger partial charge in [-0.05, 0) is 0 Å². The highest BCUT2D eigenvalue weighted by Crippen LogP contribution is 2.00. The Morgan fingerprint density at radius 3 is 1.77 bits per heavy atom. The molecule has 0 heterocycles. The second-order valence-corrected chi connectivity index (χ2v) is 3.80. The maximum Gasteiger partial charge on any atom is 0.411 e. The molecule has 0 bridgehead atoms. The fourth-order valence-electron chi connectivity index (χ4n) is 0.486. The van der Waals surface area contributed by atoms with Crippen molar-refractivity contribution in [2.45, 2.75) is 5.54 Å². The maximum absolute atomic E-state index is 10.2. The van der Waals surface area contributed by atoms with Crippen LogP contribution in [0.4, 0.5) is 0 Å². The molecule has 5 N–H and O–H groups in total. The van der Waals surface area contributed by atoms with Gasteiger partial charge in [-0.1, -0.05) is 0 Å². The first-order chi connectivity index (χ1) is 5.89. The van der Waals surface area contributed by atoms with E-state index in [2.05, 4.69) is 0 Å². The van der Waals surface area contributed by atoms with Crippen molar-refractivity contribution >= 4 is 16.7 Å². The zero-order valence-electron chi connectivity index (χ0n) is 6.71. The SMILES string of the molecule is O=S(=O)(O)[B]NC(CO)(CO)CO. The largest absolute Gasteiger partial charge is 0.411 e. The van der Waals surface area contributed by atoms with Gasteiger partial charge in [0.25, 0.3) is 0 Å². The van der Waals surface area contributed by atoms with Gasteiger partial charge in [-0.15, -0.1) is 0 Å². The molecule has 0 aromatic rings. The van der Waals surface area contributed by atoms with Crippen LogP contribution in [0, 0.1) is 0 Å². The average molecular weight is 212 g/mol. The van der Waals surface area contributed by atoms with Crippen LogP contribution in [0.2, 0.25) is 0 Å². The molecule has 0 aromatic heterocycles. The smallest absolute Gasteiger partial charge is 0.394 e. The van der Waals surface area contributed by atoms with E-state index in [4.69, 9.17) is 19.9 Å². The van der Waals surface area contributed by atoms with Crippen molar-refractivity contribution in [2.24, 2.45) is 0 Å². The predicted octanol–water partition coefficient (Wildman–Crippen LogP) is -3.29. The van der Waals surface area contributed by atoms with Crippen molar-refractivity contribution in [1.29, 1.82) is 0 Å². The summed E-state index contributed by atoms with van der Waals surface area (Å²) in [6.45, 7) is -1.74. The molecule has 0 saturated carbocycles. The third kappa shape index (κ3) is 4.55. The third-order valence-electron chi connectivity index (χ3n) is 1.42. The number of hydrogen-bond acceptors (Lipinski definition) is 6. The Morgan fingerprint density at radius 2 is 1.54 bits per heavy atom. The molecular weight excluding hydrogens is 201 g/mol. The van der Waals surface area contributed by atoms with E-state index >= 15 is 0 Å². The van der Waals surface area contributed by atoms with Gasteiger partial charge in [0.1, 0.15) is 0 Å². The van der Waals surface area contributed by atoms with E-state index in [0.29, 0.717) is 0 Å². The quantitative estimate of drug-likeness (QED) is 0.230. The lowest BCUT2D eigenvalue weighted by Crippen LogP contribution is -2.57. The van der Waals surface area contributed by atoms with E-state index in [9.17, 15) is 8.42 Å². The van der Waals surface area contributed by atoms with Crippen molar-refractivity contribution in [3.63, 3.8) is 0 Å². The van der Waals surface area contributed by atoms with Gasteiger partial charge in [0.15, 0.2) is 0 Å². The van der Waals surface area contributed by atoms with Gasteiger partial charge in [0, 0.05) is 0 Å². The normalized spacial score (nSPS) is 12.9. The molecule has 7 nitrogen and oxygen atoms in total. The van der Waals surface area contributed by atoms with Gasteiger partial charge < -0.3 is 20.5 Å². The fraction of sp³-hybridized carbons (Fsp3) is 1.00. The van der Waals surface area contributed by atoms with Crippen LogP contribution in [0.25, 0.3) is 0 Å². The summed E-state index contributed by atoms with van der Waals surface area (Å²) >= 11 is 0. The maximum atomic E-state index is 10.2. The summed E-state index contributed by atoms with van der Waals surface area (Å²) in [5.41, 5.74) is -1.55. The lowest BCUT2D eigenvalue weighted by Gasteiger charge is -2.27. The average Bonchev–Trinajstić information content (AvgIpc) is 2.06. The predicted molar refractivity (Wildman–Crippen MR) is 44.4 cm³/mol. The monoisotopic (exact) mass is 212 g/mol. The van der Waals surface area contributed by atoms with Crippen LogP contribution >= 0.6 is 0 Å². The van der Waals surface area contributed by atoms with Gasteiger partial charge in [-0.25, -0.2) is 8.42 Å². The van der Waals surface area contributed by atoms with Crippen LogP contribution in [0.15, 0.2) is 0 Å². The standard InChI is InChI=1S/C4H11BNO6S/c7-1-4(2-8,3-9)6-5-13(10,11)12/h6-9H,1-3H2,(H,10,11,12). The van der Waals surface area contributed by atoms with Crippen LogP contribution in [0.3, 0.4) is 0 Å². The van der Waals surface area contributed by atoms with E-state index in [-0.39, 0.29) is 6.69 Å². The highest BCUT2D eigenvalue weighted by molar-refractivity contribution is 8.10. The summed E-state index contributed by atoms with van der Waals surface area (Å²) < 4.78 is 28.7. The van der Waals surface area contributed by atoms with Gasteiger partial charge in [0.2, 0.25) is 9.97 Å². The van der Waals surface area contributed by atoms with E-state index < -0.39 is 35.3 Å². The Morgan fingerprint density at radius 1 is 1.15 bits per heavy atom. The summed E-state index contributed by atoms with van der Waals surface area (Å²) in [6, 6.07) is 0. The van der Waals surface area contributed by atoms with E-state index in [1.807, 2.05) is 5.23 Å². The van der Waals surface area contributed by atoms with Crippen molar-refractivity contribution < 1.29 is 28.3 Å². The summed E-state index contributed by atoms with van der Waals surface area (Å²) in [7, 11) is -4.36. The molecule has 13 heavy (non-hydrogen) atoms. The highest BCUT2D eigenvalue weighted by Gasteiger charge is 2.29. The summed E-state index contributed by atoms with van der Waals surface area (Å²) in [4.78, 5) is 0. The van der Waals surface area contributed by atoms with Crippen molar-refractivity contribution in [3.05, 3.63) is 0 Å². The molecule has 77 valence electrons. The third-order valence-corrected chi connectivity index (χ3v) is 1.84. The first-order valence-electron chi connectivity index (χ1n) is 3.30. The molecule has 0 rings (SSSR count). The van der Waals surface area contributed by atoms with Gasteiger partial charge in [-0.2, -0.15) is 0 Å². The van der Waals surface area contributed by atoms with E-state index in [1.165, 1.54) is 0 Å². The van der Waals surface area contributed by atoms with Crippen molar-refractivity contribution in [2.75, 3.05) is 19.8 Å². The molecule has 0 aromatic carbocycles. The van der Waals surface area contributed by atoms with E-state index in [1.54, 1.807) is 0 Å². The first-order valence-corrected chi connectivity index (χ1v) is 4.80. The topological polar surface area (TPSA) is 127 Å². The lowest BCUT2D eigenvalue weighted by molar-refractivity contribution is 0.0583. The summed E-state index contributed by atoms with van der Waals surface area (Å²) in [5.74, 6) is 0. The van der Waals surface area contributed by atoms with Crippen LogP contribution in [-0.4, -0.2) is 60.3 Å². The van der Waals surface area contributed by atoms with Gasteiger partial charge in [-0.3, -0.25) is 4.55 Å². The number of aliphatic hydroxyl groups is 3. The zero-order chi connectivity index (χ0) is 10.5. The molecule has 0 amide bonds. The number of nitrogens with one attached hydrogen (secondary N) is 1. The van der Waals surface area contributed by atoms with Crippen LogP contribution in [0.5, 0.6) is 0 Å². The second kappa shape index (κ2) is 4.89. The minimum absolute atomic E-state index is 0.287. The van der Waals surface area contributed by atoms with Gasteiger partial charge in [0.05, 0.1) is 25.4 Å². The molecule has 0 aliphatic rings. The number of rotatable bonds is 6. The van der Waals surface area contributed by atoms with Crippen LogP contribution in [-0.2, 0) is 9.97 Å². The van der Waals surface area contributed by atoms with Crippen LogP contribution < -0.4 is 5.23 Å². The molecule has 0 fully saturated rings. The molecule has 0 unspecified atom stereocenters. The molecule has 0 spiro atoms. The van der Waals surface area contributed by atoms with Crippen molar-refractivity contribution in [3.8, 4) is 0 Å². The van der Waals surface area contributed by atoms with Crippen LogP contribution in [0.1, 0.15) is 0 Å². The molecule has 0 aliphatic heterocycles. The van der Waals surface area contributed by atoms with Gasteiger partial charge >= 0.3 is 6.69 Å². The molecule has 9 heteroatoms. The Labute approximate surface area is 76.3 Å². The van der Waals surface area contributed by atoms with Crippen molar-refractivity contribution in [1.82, 2.24) is 5.23 Å². The Balaban J connectivity index is 4.27. The zero-order valence-corrected chi connectivity index (χ0v) is 7.53. The summed E-state index contributed by atoms with van der Waals surface area (Å²) in [5, 5.41) is 28.1. The lowest BCUT2D eigenvalue weighted by atomic mass is 10.0. The first kappa shape index (κ1) is 12.8. The fourth-order valence-corrected chi connectivity index (χ4v) is 0.885. The molecule has 0 saturated heterocycles. The molecule has 0 atom stereocenters. The molecule has 1 radical (unpaired) electrons. The molecule has 0 aliphatic carbocycles. The Kier molecular flexibility index (Phi) is 4.82. The number of aliphatic hydroxyl groups excluding tert-OH is 3. The number of hydrogen-bond donors (Lipinski definition) is 5. The highest BCUT2D eigenvalue weighted by atomic mass is 32.2. The molecular formula is C4H11BNO6S.